The van der Waals surface area contributed by atoms with Crippen LogP contribution >= 0.6 is 35.4 Å². The summed E-state index contributed by atoms with van der Waals surface area (Å²) < 4.78 is 54.8. The highest BCUT2D eigenvalue weighted by atomic mass is 35.5. The molecule has 0 saturated heterocycles. The van der Waals surface area contributed by atoms with Gasteiger partial charge in [0.05, 0.1) is 9.79 Å². The second-order valence-electron chi connectivity index (χ2n) is 7.32. The van der Waals surface area contributed by atoms with Gasteiger partial charge in [-0.05, 0) is 85.0 Å². The smallest absolute Gasteiger partial charge is 0.263 e. The third kappa shape index (κ3) is 7.23. The number of hydrogen-bond donors (Lipinski definition) is 4. The Morgan fingerprint density at radius 1 is 0.579 bits per heavy atom. The molecule has 0 aliphatic heterocycles. The lowest BCUT2D eigenvalue weighted by atomic mass is 10.3. The summed E-state index contributed by atoms with van der Waals surface area (Å²) in [6.07, 6.45) is 0. The summed E-state index contributed by atoms with van der Waals surface area (Å²) in [4.78, 5) is -0.0117. The normalized spacial score (nSPS) is 11.4. The van der Waals surface area contributed by atoms with E-state index < -0.39 is 20.0 Å². The van der Waals surface area contributed by atoms with Crippen LogP contribution < -0.4 is 20.1 Å². The highest BCUT2D eigenvalue weighted by Crippen LogP contribution is 2.20. The van der Waals surface area contributed by atoms with Gasteiger partial charge < -0.3 is 10.6 Å². The van der Waals surface area contributed by atoms with Crippen LogP contribution in [0.5, 0.6) is 0 Å². The van der Waals surface area contributed by atoms with Crippen molar-refractivity contribution in [2.24, 2.45) is 0 Å². The molecule has 4 N–H and O–H groups in total. The van der Waals surface area contributed by atoms with Gasteiger partial charge in [0.2, 0.25) is 0 Å². The molecule has 4 aromatic rings. The summed E-state index contributed by atoms with van der Waals surface area (Å²) in [6, 6.07) is 17.2. The largest absolute Gasteiger partial charge is 0.332 e. The second kappa shape index (κ2) is 11.4. The fourth-order valence-electron chi connectivity index (χ4n) is 2.86. The van der Waals surface area contributed by atoms with Crippen LogP contribution in [0, 0.1) is 0 Å². The Morgan fingerprint density at radius 3 is 1.26 bits per heavy atom. The van der Waals surface area contributed by atoms with E-state index in [1.807, 2.05) is 0 Å². The first kappa shape index (κ1) is 27.4. The Kier molecular flexibility index (Phi) is 8.23. The lowest BCUT2D eigenvalue weighted by Crippen LogP contribution is -2.19. The molecule has 0 aliphatic carbocycles. The van der Waals surface area contributed by atoms with Crippen molar-refractivity contribution in [2.75, 3.05) is 20.1 Å². The molecule has 0 aliphatic rings. The minimum Gasteiger partial charge on any atom is -0.332 e. The van der Waals surface area contributed by atoms with E-state index >= 15 is 0 Å². The number of aromatic nitrogens is 4. The SMILES string of the molecule is O=S(=O)(Nc1ccc(Cl)nn1)c1ccc(NC(=S)Nc2ccc(S(=O)(=O)Nc3ccc(Cl)nn3)cc2)cc1. The molecule has 2 aromatic heterocycles. The van der Waals surface area contributed by atoms with Crippen LogP contribution in [-0.2, 0) is 20.0 Å². The summed E-state index contributed by atoms with van der Waals surface area (Å²) in [6.45, 7) is 0. The Hall–Kier alpha value is -3.63. The third-order valence-electron chi connectivity index (χ3n) is 4.59. The molecular formula is C21H16Cl2N8O4S3. The Balaban J connectivity index is 1.35. The van der Waals surface area contributed by atoms with Crippen molar-refractivity contribution >= 4 is 83.6 Å². The summed E-state index contributed by atoms with van der Waals surface area (Å²) in [5.41, 5.74) is 1.03. The number of halogens is 2. The van der Waals surface area contributed by atoms with Crippen molar-refractivity contribution < 1.29 is 16.8 Å². The highest BCUT2D eigenvalue weighted by Gasteiger charge is 2.16. The first-order valence-corrected chi connectivity index (χ1v) is 14.5. The van der Waals surface area contributed by atoms with E-state index in [1.165, 1.54) is 72.8 Å². The molecule has 17 heteroatoms. The maximum absolute atomic E-state index is 12.5. The minimum absolute atomic E-state index is 0.00586. The van der Waals surface area contributed by atoms with Gasteiger partial charge in [-0.25, -0.2) is 16.8 Å². The van der Waals surface area contributed by atoms with Crippen LogP contribution in [0.4, 0.5) is 23.0 Å². The lowest BCUT2D eigenvalue weighted by Gasteiger charge is -2.12. The van der Waals surface area contributed by atoms with Gasteiger partial charge in [-0.3, -0.25) is 9.44 Å². The molecule has 0 atom stereocenters. The minimum atomic E-state index is -3.90. The van der Waals surface area contributed by atoms with Crippen LogP contribution in [0.1, 0.15) is 0 Å². The Morgan fingerprint density at radius 2 is 0.947 bits per heavy atom. The van der Waals surface area contributed by atoms with E-state index in [9.17, 15) is 16.8 Å². The number of nitrogens with zero attached hydrogens (tertiary/aromatic N) is 4. The van der Waals surface area contributed by atoms with E-state index in [2.05, 4.69) is 40.5 Å². The molecule has 0 amide bonds. The highest BCUT2D eigenvalue weighted by molar-refractivity contribution is 7.93. The number of hydrogen-bond acceptors (Lipinski definition) is 9. The topological polar surface area (TPSA) is 168 Å². The number of nitrogens with one attached hydrogen (secondary N) is 4. The molecule has 2 aromatic carbocycles. The van der Waals surface area contributed by atoms with Crippen molar-refractivity contribution in [2.45, 2.75) is 9.79 Å². The molecule has 38 heavy (non-hydrogen) atoms. The standard InChI is InChI=1S/C21H16Cl2N8O4S3/c22-17-9-11-19(28-26-17)30-37(32,33)15-5-1-13(2-6-15)24-21(36)25-14-3-7-16(8-4-14)38(34,35)31-20-12-10-18(23)27-29-20/h1-12H,(H,28,30)(H,29,31)(H2,24,25,36). The van der Waals surface area contributed by atoms with Crippen LogP contribution in [0.15, 0.2) is 82.6 Å². The fraction of sp³-hybridized carbons (Fsp3) is 0. The van der Waals surface area contributed by atoms with Crippen LogP contribution in [-0.4, -0.2) is 42.3 Å². The first-order valence-electron chi connectivity index (χ1n) is 10.3. The molecule has 4 rings (SSSR count). The maximum Gasteiger partial charge on any atom is 0.263 e. The zero-order valence-corrected chi connectivity index (χ0v) is 22.8. The number of sulfonamides is 2. The Labute approximate surface area is 232 Å². The summed E-state index contributed by atoms with van der Waals surface area (Å²) >= 11 is 16.6. The first-order chi connectivity index (χ1) is 18.0. The summed E-state index contributed by atoms with van der Waals surface area (Å²) in [5, 5.41) is 20.8. The summed E-state index contributed by atoms with van der Waals surface area (Å²) in [7, 11) is -7.79. The molecular weight excluding hydrogens is 595 g/mol. The zero-order chi connectivity index (χ0) is 27.3. The van der Waals surface area contributed by atoms with Crippen molar-refractivity contribution in [3.05, 3.63) is 83.1 Å². The molecule has 0 radical (unpaired) electrons. The predicted octanol–water partition coefficient (Wildman–Crippen LogP) is 3.98. The second-order valence-corrected chi connectivity index (χ2v) is 11.9. The van der Waals surface area contributed by atoms with Crippen LogP contribution in [0.25, 0.3) is 0 Å². The number of benzene rings is 2. The van der Waals surface area contributed by atoms with E-state index in [4.69, 9.17) is 35.4 Å². The van der Waals surface area contributed by atoms with Gasteiger partial charge in [-0.2, -0.15) is 0 Å². The molecule has 0 fully saturated rings. The average molecular weight is 612 g/mol. The van der Waals surface area contributed by atoms with Crippen molar-refractivity contribution in [1.82, 2.24) is 20.4 Å². The van der Waals surface area contributed by atoms with Gasteiger partial charge in [0.1, 0.15) is 0 Å². The van der Waals surface area contributed by atoms with Gasteiger partial charge in [-0.15, -0.1) is 20.4 Å². The van der Waals surface area contributed by atoms with Crippen molar-refractivity contribution in [3.63, 3.8) is 0 Å². The molecule has 2 heterocycles. The number of anilines is 4. The van der Waals surface area contributed by atoms with Gasteiger partial charge in [0.25, 0.3) is 20.0 Å². The molecule has 0 spiro atoms. The van der Waals surface area contributed by atoms with E-state index in [1.54, 1.807) is 0 Å². The number of rotatable bonds is 8. The lowest BCUT2D eigenvalue weighted by molar-refractivity contribution is 0.599. The molecule has 12 nitrogen and oxygen atoms in total. The third-order valence-corrected chi connectivity index (χ3v) is 7.94. The molecule has 0 bridgehead atoms. The van der Waals surface area contributed by atoms with E-state index in [0.717, 1.165) is 0 Å². The Bertz CT molecular complexity index is 1530. The van der Waals surface area contributed by atoms with E-state index in [0.29, 0.717) is 11.4 Å². The molecule has 196 valence electrons. The van der Waals surface area contributed by atoms with Gasteiger partial charge in [0, 0.05) is 11.4 Å². The van der Waals surface area contributed by atoms with Crippen LogP contribution in [0.3, 0.4) is 0 Å². The van der Waals surface area contributed by atoms with E-state index in [-0.39, 0.29) is 36.8 Å². The average Bonchev–Trinajstić information content (AvgIpc) is 2.87. The maximum atomic E-state index is 12.5. The zero-order valence-electron chi connectivity index (χ0n) is 18.8. The predicted molar refractivity (Wildman–Crippen MR) is 148 cm³/mol. The molecule has 0 unspecified atom stereocenters. The van der Waals surface area contributed by atoms with Gasteiger partial charge in [0.15, 0.2) is 27.1 Å². The van der Waals surface area contributed by atoms with Crippen molar-refractivity contribution in [1.29, 1.82) is 0 Å². The van der Waals surface area contributed by atoms with Crippen LogP contribution in [0.2, 0.25) is 10.3 Å². The van der Waals surface area contributed by atoms with Gasteiger partial charge >= 0.3 is 0 Å². The summed E-state index contributed by atoms with van der Waals surface area (Å²) in [5.74, 6) is 0.0467. The van der Waals surface area contributed by atoms with Crippen molar-refractivity contribution in [3.8, 4) is 0 Å². The van der Waals surface area contributed by atoms with Gasteiger partial charge in [-0.1, -0.05) is 23.2 Å². The quantitative estimate of drug-likeness (QED) is 0.213. The monoisotopic (exact) mass is 610 g/mol. The molecule has 0 saturated carbocycles. The fourth-order valence-corrected chi connectivity index (χ4v) is 5.29. The number of thiocarbonyl (C=S) groups is 1.